The summed E-state index contributed by atoms with van der Waals surface area (Å²) in [5.41, 5.74) is 13.6. The summed E-state index contributed by atoms with van der Waals surface area (Å²) in [6.45, 7) is 14.0. The Morgan fingerprint density at radius 1 is 0.222 bits per heavy atom. The van der Waals surface area contributed by atoms with Gasteiger partial charge in [0, 0.05) is 31.5 Å². The van der Waals surface area contributed by atoms with Gasteiger partial charge in [-0.3, -0.25) is 0 Å². The van der Waals surface area contributed by atoms with Crippen LogP contribution in [-0.4, -0.2) is 25.2 Å². The summed E-state index contributed by atoms with van der Waals surface area (Å²) in [5.74, 6) is 0. The topological polar surface area (TPSA) is 0 Å². The lowest BCUT2D eigenvalue weighted by atomic mass is 9.80. The van der Waals surface area contributed by atoms with Crippen molar-refractivity contribution in [2.24, 2.45) is 0 Å². The second-order valence-electron chi connectivity index (χ2n) is 17.0. The third-order valence-electron chi connectivity index (χ3n) is 11.9. The molecule has 0 aromatic heterocycles. The van der Waals surface area contributed by atoms with Gasteiger partial charge in [-0.25, -0.2) is 0 Å². The van der Waals surface area contributed by atoms with Crippen molar-refractivity contribution in [3.05, 3.63) is 249 Å². The standard InChI is InChI=1S/C60H54S12/c1-37(67-55(61)43-25-13-7-14-26-43)49-50(38(2)68-56(62)44-27-15-8-16-28-44)52(40(4)70-58(64)46-31-19-10-20-32-46)54(42(6)72-60(66)48-35-23-12-24-36-48)53(41(5)71-59(65)47-33-21-11-22-34-47)51(49)39(3)69-57(63)45-29-17-9-18-30-45/h7-42H,1-6H3. The molecule has 0 aliphatic rings. The van der Waals surface area contributed by atoms with E-state index >= 15 is 0 Å². The number of rotatable bonds is 18. The molecular weight excluding hydrogens is 1110 g/mol. The average molecular weight is 1160 g/mol. The predicted octanol–water partition coefficient (Wildman–Crippen LogP) is 20.7. The van der Waals surface area contributed by atoms with Crippen LogP contribution in [0.1, 0.15) is 140 Å². The van der Waals surface area contributed by atoms with Crippen LogP contribution in [-0.2, 0) is 0 Å². The number of thiocarbonyl (C=S) groups is 6. The van der Waals surface area contributed by atoms with E-state index in [1.807, 2.05) is 36.4 Å². The van der Waals surface area contributed by atoms with Gasteiger partial charge in [0.05, 0.1) is 25.2 Å². The van der Waals surface area contributed by atoms with E-state index < -0.39 is 0 Å². The first kappa shape index (κ1) is 56.9. The Hall–Kier alpha value is -2.82. The third-order valence-corrected chi connectivity index (χ3v) is 21.3. The summed E-state index contributed by atoms with van der Waals surface area (Å²) >= 11 is 48.8. The number of hydrogen-bond acceptors (Lipinski definition) is 12. The van der Waals surface area contributed by atoms with Gasteiger partial charge in [-0.15, -0.1) is 70.6 Å². The molecule has 0 aliphatic carbocycles. The van der Waals surface area contributed by atoms with Crippen molar-refractivity contribution in [3.8, 4) is 0 Å². The molecule has 6 unspecified atom stereocenters. The van der Waals surface area contributed by atoms with Gasteiger partial charge in [-0.2, -0.15) is 0 Å². The Kier molecular flexibility index (Phi) is 22.0. The van der Waals surface area contributed by atoms with Crippen molar-refractivity contribution < 1.29 is 0 Å². The molecular formula is C60H54S12. The van der Waals surface area contributed by atoms with Crippen LogP contribution in [0, 0.1) is 0 Å². The number of benzene rings is 7. The molecule has 0 aliphatic heterocycles. The quantitative estimate of drug-likeness (QED) is 0.0752. The van der Waals surface area contributed by atoms with Crippen LogP contribution in [0.15, 0.2) is 182 Å². The Morgan fingerprint density at radius 3 is 0.444 bits per heavy atom. The molecule has 0 fully saturated rings. The Morgan fingerprint density at radius 2 is 0.333 bits per heavy atom. The molecule has 0 radical (unpaired) electrons. The maximum atomic E-state index is 6.39. The molecule has 0 spiro atoms. The minimum atomic E-state index is -0.110. The Bertz CT molecular complexity index is 2450. The zero-order chi connectivity index (χ0) is 51.3. The molecule has 6 atom stereocenters. The Balaban J connectivity index is 1.59. The molecule has 366 valence electrons. The summed E-state index contributed by atoms with van der Waals surface area (Å²) in [6, 6.07) is 62.3. The molecule has 0 saturated carbocycles. The average Bonchev–Trinajstić information content (AvgIpc) is 3.41. The minimum Gasteiger partial charge on any atom is -0.106 e. The van der Waals surface area contributed by atoms with E-state index in [1.165, 1.54) is 33.4 Å². The van der Waals surface area contributed by atoms with Crippen molar-refractivity contribution >= 4 is 169 Å². The van der Waals surface area contributed by atoms with Gasteiger partial charge >= 0.3 is 0 Å². The van der Waals surface area contributed by atoms with E-state index in [0.29, 0.717) is 0 Å². The predicted molar refractivity (Wildman–Crippen MR) is 351 cm³/mol. The second kappa shape index (κ2) is 27.8. The summed E-state index contributed by atoms with van der Waals surface area (Å²) < 4.78 is 5.03. The third kappa shape index (κ3) is 14.8. The van der Waals surface area contributed by atoms with E-state index in [9.17, 15) is 0 Å². The number of hydrogen-bond donors (Lipinski definition) is 0. The van der Waals surface area contributed by atoms with Crippen LogP contribution >= 0.6 is 144 Å². The van der Waals surface area contributed by atoms with Gasteiger partial charge in [0.15, 0.2) is 0 Å². The fraction of sp³-hybridized carbons (Fsp3) is 0.200. The fourth-order valence-corrected chi connectivity index (χ4v) is 17.9. The Labute approximate surface area is 485 Å². The van der Waals surface area contributed by atoms with Crippen molar-refractivity contribution in [2.75, 3.05) is 0 Å². The molecule has 0 heterocycles. The van der Waals surface area contributed by atoms with Gasteiger partial charge < -0.3 is 0 Å². The first-order chi connectivity index (χ1) is 34.7. The molecule has 0 N–H and O–H groups in total. The lowest BCUT2D eigenvalue weighted by Crippen LogP contribution is -2.21. The molecule has 7 aromatic carbocycles. The van der Waals surface area contributed by atoms with Crippen LogP contribution in [0.3, 0.4) is 0 Å². The molecule has 0 saturated heterocycles. The maximum Gasteiger partial charge on any atom is 0.0784 e. The highest BCUT2D eigenvalue weighted by molar-refractivity contribution is 8.26. The van der Waals surface area contributed by atoms with E-state index in [0.717, 1.165) is 58.6 Å². The highest BCUT2D eigenvalue weighted by Crippen LogP contribution is 2.58. The zero-order valence-corrected chi connectivity index (χ0v) is 50.5. The largest absolute Gasteiger partial charge is 0.106 e. The first-order valence-electron chi connectivity index (χ1n) is 23.5. The lowest BCUT2D eigenvalue weighted by Gasteiger charge is -2.38. The van der Waals surface area contributed by atoms with Gasteiger partial charge in [-0.1, -0.05) is 255 Å². The summed E-state index contributed by atoms with van der Waals surface area (Å²) in [5, 5.41) is -0.662. The molecule has 7 aromatic rings. The van der Waals surface area contributed by atoms with Crippen LogP contribution < -0.4 is 0 Å². The SMILES string of the molecule is CC(SC(=S)c1ccccc1)c1c(C(C)SC(=S)c2ccccc2)c(C(C)SC(=S)c2ccccc2)c(C(C)SC(=S)c2ccccc2)c(C(C)SC(=S)c2ccccc2)c1C(C)SC(=S)c1ccccc1. The molecule has 0 nitrogen and oxygen atoms in total. The van der Waals surface area contributed by atoms with E-state index in [4.69, 9.17) is 73.3 Å². The number of thioether (sulfide) groups is 6. The smallest absolute Gasteiger partial charge is 0.0784 e. The van der Waals surface area contributed by atoms with Gasteiger partial charge in [0.2, 0.25) is 0 Å². The van der Waals surface area contributed by atoms with Crippen LogP contribution in [0.5, 0.6) is 0 Å². The first-order valence-corrected chi connectivity index (χ1v) is 31.3. The molecule has 0 amide bonds. The van der Waals surface area contributed by atoms with Gasteiger partial charge in [0.1, 0.15) is 0 Å². The highest BCUT2D eigenvalue weighted by Gasteiger charge is 2.38. The van der Waals surface area contributed by atoms with Crippen molar-refractivity contribution in [3.63, 3.8) is 0 Å². The summed E-state index contributed by atoms with van der Waals surface area (Å²) in [4.78, 5) is 0. The normalized spacial score (nSPS) is 13.8. The molecule has 12 heteroatoms. The highest BCUT2D eigenvalue weighted by atomic mass is 32.2. The summed E-state index contributed by atoms with van der Waals surface area (Å²) in [6.07, 6.45) is 0. The van der Waals surface area contributed by atoms with Crippen LogP contribution in [0.4, 0.5) is 0 Å². The van der Waals surface area contributed by atoms with Crippen LogP contribution in [0.25, 0.3) is 0 Å². The van der Waals surface area contributed by atoms with E-state index in [-0.39, 0.29) is 31.5 Å². The molecule has 72 heavy (non-hydrogen) atoms. The molecule has 7 rings (SSSR count). The summed E-state index contributed by atoms with van der Waals surface area (Å²) in [7, 11) is 0. The minimum absolute atomic E-state index is 0.110. The lowest BCUT2D eigenvalue weighted by molar-refractivity contribution is 0.850. The second-order valence-corrected chi connectivity index (χ2v) is 29.1. The van der Waals surface area contributed by atoms with Gasteiger partial charge in [0.25, 0.3) is 0 Å². The fourth-order valence-electron chi connectivity index (χ4n) is 8.67. The molecule has 0 bridgehead atoms. The van der Waals surface area contributed by atoms with Crippen molar-refractivity contribution in [1.29, 1.82) is 0 Å². The van der Waals surface area contributed by atoms with E-state index in [2.05, 4.69) is 187 Å². The monoisotopic (exact) mass is 1160 g/mol. The zero-order valence-electron chi connectivity index (χ0n) is 40.7. The van der Waals surface area contributed by atoms with Crippen molar-refractivity contribution in [2.45, 2.75) is 73.0 Å². The van der Waals surface area contributed by atoms with Gasteiger partial charge in [-0.05, 0) is 108 Å². The van der Waals surface area contributed by atoms with Crippen molar-refractivity contribution in [1.82, 2.24) is 0 Å². The maximum absolute atomic E-state index is 6.39. The van der Waals surface area contributed by atoms with Crippen LogP contribution in [0.2, 0.25) is 0 Å². The van der Waals surface area contributed by atoms with E-state index in [1.54, 1.807) is 70.6 Å².